The molecule has 1 saturated heterocycles. The van der Waals surface area contributed by atoms with E-state index in [0.29, 0.717) is 12.3 Å². The highest BCUT2D eigenvalue weighted by molar-refractivity contribution is 5.70. The molecule has 0 aromatic heterocycles. The van der Waals surface area contributed by atoms with Crippen molar-refractivity contribution in [3.05, 3.63) is 29.8 Å². The number of amides is 1. The molecule has 1 aliphatic rings. The van der Waals surface area contributed by atoms with Crippen LogP contribution in [0.2, 0.25) is 0 Å². The van der Waals surface area contributed by atoms with Gasteiger partial charge >= 0.3 is 6.09 Å². The van der Waals surface area contributed by atoms with Crippen LogP contribution in [0.1, 0.15) is 32.8 Å². The highest BCUT2D eigenvalue weighted by Gasteiger charge is 2.19. The maximum absolute atomic E-state index is 12.2. The summed E-state index contributed by atoms with van der Waals surface area (Å²) in [5.74, 6) is 0.625. The second-order valence-electron chi connectivity index (χ2n) is 6.24. The largest absolute Gasteiger partial charge is 0.415 e. The number of nitrogens with one attached hydrogen (secondary N) is 1. The summed E-state index contributed by atoms with van der Waals surface area (Å²) in [6, 6.07) is 7.79. The van der Waals surface area contributed by atoms with E-state index < -0.39 is 0 Å². The van der Waals surface area contributed by atoms with Crippen molar-refractivity contribution in [1.29, 1.82) is 0 Å². The number of carbonyl (C=O) groups is 1. The average molecular weight is 276 g/mol. The molecular weight excluding hydrogens is 252 g/mol. The molecule has 1 amide bonds. The number of nitrogens with zero attached hydrogens (tertiary/aromatic N) is 1. The number of hydrogen-bond acceptors (Lipinski definition) is 3. The van der Waals surface area contributed by atoms with E-state index in [9.17, 15) is 4.79 Å². The van der Waals surface area contributed by atoms with Gasteiger partial charge in [0.2, 0.25) is 0 Å². The van der Waals surface area contributed by atoms with Gasteiger partial charge in [0.25, 0.3) is 0 Å². The molecule has 2 rings (SSSR count). The number of benzene rings is 1. The number of ether oxygens (including phenoxy) is 1. The average Bonchev–Trinajstić information content (AvgIpc) is 2.67. The SMILES string of the molecule is CC(C)(C)c1cccc(OC(=O)N2CCCNCC2)c1. The summed E-state index contributed by atoms with van der Waals surface area (Å²) < 4.78 is 5.50. The van der Waals surface area contributed by atoms with Gasteiger partial charge in [-0.25, -0.2) is 4.79 Å². The van der Waals surface area contributed by atoms with E-state index in [4.69, 9.17) is 4.74 Å². The fraction of sp³-hybridized carbons (Fsp3) is 0.562. The van der Waals surface area contributed by atoms with Crippen molar-refractivity contribution in [3.63, 3.8) is 0 Å². The third-order valence-corrected chi connectivity index (χ3v) is 3.50. The molecule has 0 aliphatic carbocycles. The Labute approximate surface area is 121 Å². The van der Waals surface area contributed by atoms with Gasteiger partial charge in [-0.1, -0.05) is 32.9 Å². The summed E-state index contributed by atoms with van der Waals surface area (Å²) in [4.78, 5) is 13.9. The minimum absolute atomic E-state index is 0.0505. The van der Waals surface area contributed by atoms with Crippen LogP contribution in [0.3, 0.4) is 0 Å². The molecule has 1 aromatic carbocycles. The second kappa shape index (κ2) is 6.27. The maximum atomic E-state index is 12.2. The van der Waals surface area contributed by atoms with Crippen LogP contribution in [0.4, 0.5) is 4.79 Å². The molecule has 0 radical (unpaired) electrons. The molecule has 4 nitrogen and oxygen atoms in total. The summed E-state index contributed by atoms with van der Waals surface area (Å²) in [6.07, 6.45) is 0.719. The monoisotopic (exact) mass is 276 g/mol. The lowest BCUT2D eigenvalue weighted by Crippen LogP contribution is -2.36. The molecule has 0 bridgehead atoms. The minimum Gasteiger partial charge on any atom is -0.410 e. The second-order valence-corrected chi connectivity index (χ2v) is 6.24. The molecule has 4 heteroatoms. The molecule has 1 aromatic rings. The minimum atomic E-state index is -0.250. The summed E-state index contributed by atoms with van der Waals surface area (Å²) >= 11 is 0. The third kappa shape index (κ3) is 3.97. The van der Waals surface area contributed by atoms with Gasteiger partial charge in [0.1, 0.15) is 5.75 Å². The van der Waals surface area contributed by atoms with Gasteiger partial charge in [-0.3, -0.25) is 0 Å². The molecule has 0 spiro atoms. The summed E-state index contributed by atoms with van der Waals surface area (Å²) in [5, 5.41) is 3.28. The quantitative estimate of drug-likeness (QED) is 0.857. The molecule has 0 atom stereocenters. The maximum Gasteiger partial charge on any atom is 0.415 e. The first-order valence-corrected chi connectivity index (χ1v) is 7.25. The van der Waals surface area contributed by atoms with Crippen LogP contribution in [0.25, 0.3) is 0 Å². The molecule has 1 aliphatic heterocycles. The van der Waals surface area contributed by atoms with Crippen molar-refractivity contribution in [1.82, 2.24) is 10.2 Å². The predicted octanol–water partition coefficient (Wildman–Crippen LogP) is 2.78. The lowest BCUT2D eigenvalue weighted by Gasteiger charge is -2.21. The van der Waals surface area contributed by atoms with Crippen LogP contribution >= 0.6 is 0 Å². The van der Waals surface area contributed by atoms with Crippen LogP contribution in [-0.2, 0) is 5.41 Å². The van der Waals surface area contributed by atoms with Crippen molar-refractivity contribution in [2.75, 3.05) is 26.2 Å². The van der Waals surface area contributed by atoms with Gasteiger partial charge in [0.15, 0.2) is 0 Å². The molecule has 110 valence electrons. The van der Waals surface area contributed by atoms with Crippen LogP contribution in [0, 0.1) is 0 Å². The Morgan fingerprint density at radius 1 is 1.25 bits per heavy atom. The van der Waals surface area contributed by atoms with E-state index in [1.54, 1.807) is 4.90 Å². The first-order chi connectivity index (χ1) is 9.47. The molecular formula is C16H24N2O2. The Bertz CT molecular complexity index is 458. The molecule has 0 saturated carbocycles. The lowest BCUT2D eigenvalue weighted by atomic mass is 9.87. The van der Waals surface area contributed by atoms with E-state index >= 15 is 0 Å². The van der Waals surface area contributed by atoms with E-state index in [0.717, 1.165) is 26.1 Å². The smallest absolute Gasteiger partial charge is 0.410 e. The van der Waals surface area contributed by atoms with Crippen LogP contribution in [-0.4, -0.2) is 37.2 Å². The zero-order chi connectivity index (χ0) is 14.6. The zero-order valence-electron chi connectivity index (χ0n) is 12.6. The fourth-order valence-corrected chi connectivity index (χ4v) is 2.22. The first kappa shape index (κ1) is 14.9. The molecule has 1 N–H and O–H groups in total. The van der Waals surface area contributed by atoms with Crippen molar-refractivity contribution in [2.24, 2.45) is 0 Å². The molecule has 1 fully saturated rings. The van der Waals surface area contributed by atoms with Crippen molar-refractivity contribution < 1.29 is 9.53 Å². The van der Waals surface area contributed by atoms with Gasteiger partial charge in [-0.2, -0.15) is 0 Å². The molecule has 0 unspecified atom stereocenters. The van der Waals surface area contributed by atoms with Gasteiger partial charge in [-0.15, -0.1) is 0 Å². The van der Waals surface area contributed by atoms with E-state index in [1.165, 1.54) is 5.56 Å². The van der Waals surface area contributed by atoms with E-state index in [-0.39, 0.29) is 11.5 Å². The van der Waals surface area contributed by atoms with Crippen LogP contribution in [0.5, 0.6) is 5.75 Å². The van der Waals surface area contributed by atoms with Crippen LogP contribution in [0.15, 0.2) is 24.3 Å². The standard InChI is InChI=1S/C16H24N2O2/c1-16(2,3)13-6-4-7-14(12-13)20-15(19)18-10-5-8-17-9-11-18/h4,6-7,12,17H,5,8-11H2,1-3H3. The summed E-state index contributed by atoms with van der Waals surface area (Å²) in [5.41, 5.74) is 1.22. The number of carbonyl (C=O) groups excluding carboxylic acids is 1. The van der Waals surface area contributed by atoms with Gasteiger partial charge in [0.05, 0.1) is 0 Å². The Hall–Kier alpha value is -1.55. The molecule has 20 heavy (non-hydrogen) atoms. The Balaban J connectivity index is 2.03. The Morgan fingerprint density at radius 2 is 2.05 bits per heavy atom. The summed E-state index contributed by atoms with van der Waals surface area (Å²) in [6.45, 7) is 9.69. The first-order valence-electron chi connectivity index (χ1n) is 7.25. The zero-order valence-corrected chi connectivity index (χ0v) is 12.6. The van der Waals surface area contributed by atoms with Gasteiger partial charge in [-0.05, 0) is 36.1 Å². The van der Waals surface area contributed by atoms with Crippen molar-refractivity contribution in [3.8, 4) is 5.75 Å². The van der Waals surface area contributed by atoms with E-state index in [2.05, 4.69) is 32.2 Å². The fourth-order valence-electron chi connectivity index (χ4n) is 2.22. The highest BCUT2D eigenvalue weighted by Crippen LogP contribution is 2.25. The highest BCUT2D eigenvalue weighted by atomic mass is 16.6. The van der Waals surface area contributed by atoms with Crippen molar-refractivity contribution in [2.45, 2.75) is 32.6 Å². The Kier molecular flexibility index (Phi) is 4.65. The normalized spacial score (nSPS) is 16.6. The Morgan fingerprint density at radius 3 is 2.80 bits per heavy atom. The van der Waals surface area contributed by atoms with Gasteiger partial charge in [0, 0.05) is 19.6 Å². The topological polar surface area (TPSA) is 41.6 Å². The van der Waals surface area contributed by atoms with Crippen LogP contribution < -0.4 is 10.1 Å². The van der Waals surface area contributed by atoms with Gasteiger partial charge < -0.3 is 15.0 Å². The lowest BCUT2D eigenvalue weighted by molar-refractivity contribution is 0.155. The number of hydrogen-bond donors (Lipinski definition) is 1. The third-order valence-electron chi connectivity index (χ3n) is 3.50. The summed E-state index contributed by atoms with van der Waals surface area (Å²) in [7, 11) is 0. The predicted molar refractivity (Wildman–Crippen MR) is 80.2 cm³/mol. The van der Waals surface area contributed by atoms with Crippen molar-refractivity contribution >= 4 is 6.09 Å². The van der Waals surface area contributed by atoms with E-state index in [1.807, 2.05) is 18.2 Å². The number of rotatable bonds is 1. The molecule has 1 heterocycles.